The highest BCUT2D eigenvalue weighted by Crippen LogP contribution is 2.69. The quantitative estimate of drug-likeness (QED) is 0.717. The van der Waals surface area contributed by atoms with Gasteiger partial charge in [0.25, 0.3) is 0 Å². The third-order valence-electron chi connectivity index (χ3n) is 5.94. The molecular weight excluding hydrogens is 170 g/mol. The standard InChI is InChI=1S/C13H23N/c1-12(2)9-3-4-10(11(12)7-9)13(8-14)5-6-13/h9-11H,3-8,14H2,1-2H3/t9-,10?,11-/m0/s1. The molecule has 0 aliphatic heterocycles. The van der Waals surface area contributed by atoms with Crippen molar-refractivity contribution in [2.75, 3.05) is 6.54 Å². The van der Waals surface area contributed by atoms with Gasteiger partial charge in [0.15, 0.2) is 0 Å². The van der Waals surface area contributed by atoms with Crippen LogP contribution < -0.4 is 5.73 Å². The van der Waals surface area contributed by atoms with Crippen molar-refractivity contribution >= 4 is 0 Å². The Morgan fingerprint density at radius 1 is 1.14 bits per heavy atom. The van der Waals surface area contributed by atoms with Crippen LogP contribution in [0.15, 0.2) is 0 Å². The average Bonchev–Trinajstić information content (AvgIpc) is 2.98. The third-order valence-corrected chi connectivity index (χ3v) is 5.94. The van der Waals surface area contributed by atoms with Gasteiger partial charge in [0, 0.05) is 0 Å². The fraction of sp³-hybridized carbons (Fsp3) is 1.00. The molecule has 80 valence electrons. The maximum atomic E-state index is 5.97. The molecule has 0 saturated heterocycles. The van der Waals surface area contributed by atoms with Crippen LogP contribution in [0.4, 0.5) is 0 Å². The number of hydrogen-bond donors (Lipinski definition) is 1. The van der Waals surface area contributed by atoms with Gasteiger partial charge in [-0.2, -0.15) is 0 Å². The Kier molecular flexibility index (Phi) is 1.68. The lowest BCUT2D eigenvalue weighted by molar-refractivity contribution is -0.124. The summed E-state index contributed by atoms with van der Waals surface area (Å²) in [4.78, 5) is 0. The molecule has 4 aliphatic carbocycles. The molecule has 0 radical (unpaired) electrons. The molecule has 4 saturated carbocycles. The summed E-state index contributed by atoms with van der Waals surface area (Å²) in [6.45, 7) is 5.93. The summed E-state index contributed by atoms with van der Waals surface area (Å²) in [7, 11) is 0. The predicted molar refractivity (Wildman–Crippen MR) is 58.8 cm³/mol. The summed E-state index contributed by atoms with van der Waals surface area (Å²) in [6, 6.07) is 0. The van der Waals surface area contributed by atoms with Gasteiger partial charge in [-0.05, 0) is 67.2 Å². The first-order valence-corrected chi connectivity index (χ1v) is 6.30. The zero-order chi connectivity index (χ0) is 9.97. The Morgan fingerprint density at radius 3 is 2.29 bits per heavy atom. The third kappa shape index (κ3) is 0.946. The van der Waals surface area contributed by atoms with E-state index in [-0.39, 0.29) is 0 Å². The van der Waals surface area contributed by atoms with Gasteiger partial charge in [0.2, 0.25) is 0 Å². The first-order chi connectivity index (χ1) is 6.60. The molecule has 3 atom stereocenters. The molecule has 4 fully saturated rings. The van der Waals surface area contributed by atoms with Crippen LogP contribution in [0.1, 0.15) is 46.0 Å². The van der Waals surface area contributed by atoms with E-state index in [4.69, 9.17) is 5.73 Å². The van der Waals surface area contributed by atoms with Crippen LogP contribution in [-0.2, 0) is 0 Å². The van der Waals surface area contributed by atoms with E-state index in [0.717, 1.165) is 24.3 Å². The van der Waals surface area contributed by atoms with Gasteiger partial charge >= 0.3 is 0 Å². The van der Waals surface area contributed by atoms with Crippen LogP contribution in [0, 0.1) is 28.6 Å². The molecule has 1 unspecified atom stereocenters. The lowest BCUT2D eigenvalue weighted by atomic mass is 9.43. The van der Waals surface area contributed by atoms with Crippen molar-refractivity contribution in [2.45, 2.75) is 46.0 Å². The molecule has 1 heteroatoms. The Morgan fingerprint density at radius 2 is 1.86 bits per heavy atom. The lowest BCUT2D eigenvalue weighted by Crippen LogP contribution is -2.55. The molecule has 4 rings (SSSR count). The van der Waals surface area contributed by atoms with E-state index < -0.39 is 0 Å². The highest BCUT2D eigenvalue weighted by molar-refractivity contribution is 5.11. The highest BCUT2D eigenvalue weighted by atomic mass is 14.7. The number of rotatable bonds is 2. The number of hydrogen-bond acceptors (Lipinski definition) is 1. The maximum Gasteiger partial charge on any atom is -0.00178 e. The Balaban J connectivity index is 1.82. The van der Waals surface area contributed by atoms with E-state index in [1.54, 1.807) is 0 Å². The van der Waals surface area contributed by atoms with Gasteiger partial charge < -0.3 is 5.73 Å². The van der Waals surface area contributed by atoms with Gasteiger partial charge in [-0.15, -0.1) is 0 Å². The molecule has 0 aromatic carbocycles. The van der Waals surface area contributed by atoms with E-state index in [1.807, 2.05) is 0 Å². The lowest BCUT2D eigenvalue weighted by Gasteiger charge is -2.62. The Bertz CT molecular complexity index is 250. The van der Waals surface area contributed by atoms with Crippen molar-refractivity contribution in [3.63, 3.8) is 0 Å². The summed E-state index contributed by atoms with van der Waals surface area (Å²) in [6.07, 6.45) is 7.32. The summed E-state index contributed by atoms with van der Waals surface area (Å²) < 4.78 is 0. The Labute approximate surface area is 87.4 Å². The van der Waals surface area contributed by atoms with Crippen LogP contribution in [0.3, 0.4) is 0 Å². The summed E-state index contributed by atoms with van der Waals surface area (Å²) in [5, 5.41) is 0. The van der Waals surface area contributed by atoms with Crippen LogP contribution in [0.25, 0.3) is 0 Å². The van der Waals surface area contributed by atoms with E-state index in [2.05, 4.69) is 13.8 Å². The van der Waals surface area contributed by atoms with Crippen molar-refractivity contribution in [3.05, 3.63) is 0 Å². The molecule has 0 heterocycles. The monoisotopic (exact) mass is 193 g/mol. The first kappa shape index (κ1) is 9.21. The average molecular weight is 193 g/mol. The molecule has 4 aliphatic rings. The Hall–Kier alpha value is -0.0400. The van der Waals surface area contributed by atoms with Crippen molar-refractivity contribution in [2.24, 2.45) is 34.3 Å². The largest absolute Gasteiger partial charge is 0.330 e. The summed E-state index contributed by atoms with van der Waals surface area (Å²) in [5.74, 6) is 3.03. The second kappa shape index (κ2) is 2.55. The molecule has 2 bridgehead atoms. The summed E-state index contributed by atoms with van der Waals surface area (Å²) >= 11 is 0. The predicted octanol–water partition coefficient (Wildman–Crippen LogP) is 2.80. The van der Waals surface area contributed by atoms with Crippen molar-refractivity contribution < 1.29 is 0 Å². The molecule has 14 heavy (non-hydrogen) atoms. The topological polar surface area (TPSA) is 26.0 Å². The summed E-state index contributed by atoms with van der Waals surface area (Å²) in [5.41, 5.74) is 7.22. The van der Waals surface area contributed by atoms with Gasteiger partial charge in [-0.1, -0.05) is 13.8 Å². The SMILES string of the molecule is CC1(C)[C@H]2CCC(C3(CN)CC3)[C@@H]1C2. The first-order valence-electron chi connectivity index (χ1n) is 6.30. The van der Waals surface area contributed by atoms with Gasteiger partial charge in [0.05, 0.1) is 0 Å². The van der Waals surface area contributed by atoms with Crippen molar-refractivity contribution in [1.82, 2.24) is 0 Å². The zero-order valence-electron chi connectivity index (χ0n) is 9.55. The van der Waals surface area contributed by atoms with Crippen LogP contribution >= 0.6 is 0 Å². The molecule has 0 aromatic rings. The van der Waals surface area contributed by atoms with Gasteiger partial charge in [0.1, 0.15) is 0 Å². The number of fused-ring (bicyclic) bond motifs is 2. The normalized spacial score (nSPS) is 46.9. The van der Waals surface area contributed by atoms with Gasteiger partial charge in [-0.25, -0.2) is 0 Å². The molecule has 1 nitrogen and oxygen atoms in total. The molecule has 2 N–H and O–H groups in total. The van der Waals surface area contributed by atoms with Crippen LogP contribution in [0.5, 0.6) is 0 Å². The van der Waals surface area contributed by atoms with Crippen molar-refractivity contribution in [3.8, 4) is 0 Å². The van der Waals surface area contributed by atoms with E-state index in [0.29, 0.717) is 10.8 Å². The number of nitrogens with two attached hydrogens (primary N) is 1. The molecule has 0 amide bonds. The smallest absolute Gasteiger partial charge is 0.00178 e. The van der Waals surface area contributed by atoms with Crippen LogP contribution in [-0.4, -0.2) is 6.54 Å². The second-order valence-electron chi connectivity index (χ2n) is 6.61. The van der Waals surface area contributed by atoms with Crippen LogP contribution in [0.2, 0.25) is 0 Å². The minimum Gasteiger partial charge on any atom is -0.330 e. The van der Waals surface area contributed by atoms with E-state index in [1.165, 1.54) is 32.1 Å². The fourth-order valence-electron chi connectivity index (χ4n) is 4.43. The van der Waals surface area contributed by atoms with Gasteiger partial charge in [-0.3, -0.25) is 0 Å². The molecule has 0 aromatic heterocycles. The molecular formula is C13H23N. The van der Waals surface area contributed by atoms with Crippen molar-refractivity contribution in [1.29, 1.82) is 0 Å². The van der Waals surface area contributed by atoms with E-state index >= 15 is 0 Å². The molecule has 0 spiro atoms. The minimum atomic E-state index is 0.604. The second-order valence-corrected chi connectivity index (χ2v) is 6.61. The maximum absolute atomic E-state index is 5.97. The van der Waals surface area contributed by atoms with E-state index in [9.17, 15) is 0 Å². The highest BCUT2D eigenvalue weighted by Gasteiger charge is 2.61. The minimum absolute atomic E-state index is 0.604. The zero-order valence-corrected chi connectivity index (χ0v) is 9.55. The fourth-order valence-corrected chi connectivity index (χ4v) is 4.43.